The van der Waals surface area contributed by atoms with Crippen LogP contribution < -0.4 is 4.74 Å². The van der Waals surface area contributed by atoms with Gasteiger partial charge in [-0.15, -0.1) is 0 Å². The van der Waals surface area contributed by atoms with Gasteiger partial charge in [0.05, 0.1) is 4.92 Å². The highest BCUT2D eigenvalue weighted by atomic mass is 19.1. The Labute approximate surface area is 118 Å². The molecule has 2 aromatic carbocycles. The molecule has 0 aliphatic heterocycles. The average Bonchev–Trinajstić information content (AvgIpc) is 2.47. The van der Waals surface area contributed by atoms with Crippen LogP contribution in [0.2, 0.25) is 0 Å². The molecule has 0 aliphatic rings. The molecular formula is C14H11F2NO4. The minimum atomic E-state index is -1.44. The molecule has 0 fully saturated rings. The zero-order valence-corrected chi connectivity index (χ0v) is 10.7. The van der Waals surface area contributed by atoms with Gasteiger partial charge in [-0.2, -0.15) is 0 Å². The lowest BCUT2D eigenvalue weighted by Crippen LogP contribution is -2.12. The predicted octanol–water partition coefficient (Wildman–Crippen LogP) is 2.99. The fraction of sp³-hybridized carbons (Fsp3) is 0.143. The van der Waals surface area contributed by atoms with E-state index in [4.69, 9.17) is 4.74 Å². The van der Waals surface area contributed by atoms with Crippen molar-refractivity contribution in [2.24, 2.45) is 0 Å². The van der Waals surface area contributed by atoms with E-state index in [2.05, 4.69) is 0 Å². The Morgan fingerprint density at radius 1 is 1.24 bits per heavy atom. The normalized spacial score (nSPS) is 12.0. The lowest BCUT2D eigenvalue weighted by Gasteiger charge is -2.13. The summed E-state index contributed by atoms with van der Waals surface area (Å²) in [6.07, 6.45) is -1.44. The van der Waals surface area contributed by atoms with E-state index in [0.717, 1.165) is 18.2 Å². The van der Waals surface area contributed by atoms with Gasteiger partial charge in [0.15, 0.2) is 5.75 Å². The standard InChI is InChI=1S/C14H11F2NO4/c15-9-5-6-11(16)10(7-9)13(18)8-21-14-4-2-1-3-12(14)17(19)20/h1-7,13,18H,8H2. The first-order valence-corrected chi connectivity index (χ1v) is 5.98. The van der Waals surface area contributed by atoms with E-state index in [1.54, 1.807) is 0 Å². The first-order chi connectivity index (χ1) is 9.99. The van der Waals surface area contributed by atoms with Crippen molar-refractivity contribution in [1.82, 2.24) is 0 Å². The molecule has 0 saturated carbocycles. The Morgan fingerprint density at radius 3 is 2.67 bits per heavy atom. The molecule has 21 heavy (non-hydrogen) atoms. The predicted molar refractivity (Wildman–Crippen MR) is 69.9 cm³/mol. The molecular weight excluding hydrogens is 284 g/mol. The molecule has 2 aromatic rings. The van der Waals surface area contributed by atoms with Gasteiger partial charge in [0, 0.05) is 11.6 Å². The first kappa shape index (κ1) is 14.9. The van der Waals surface area contributed by atoms with Crippen LogP contribution in [0.15, 0.2) is 42.5 Å². The molecule has 2 rings (SSSR count). The number of aliphatic hydroxyl groups is 1. The van der Waals surface area contributed by atoms with Crippen molar-refractivity contribution in [2.45, 2.75) is 6.10 Å². The summed E-state index contributed by atoms with van der Waals surface area (Å²) in [5.74, 6) is -1.54. The van der Waals surface area contributed by atoms with E-state index in [1.807, 2.05) is 0 Å². The highest BCUT2D eigenvalue weighted by Crippen LogP contribution is 2.27. The van der Waals surface area contributed by atoms with E-state index in [-0.39, 0.29) is 17.0 Å². The summed E-state index contributed by atoms with van der Waals surface area (Å²) in [5.41, 5.74) is -0.544. The van der Waals surface area contributed by atoms with Gasteiger partial charge in [-0.05, 0) is 24.3 Å². The minimum Gasteiger partial charge on any atom is -0.484 e. The van der Waals surface area contributed by atoms with Crippen LogP contribution in [0.1, 0.15) is 11.7 Å². The van der Waals surface area contributed by atoms with Crippen molar-refractivity contribution >= 4 is 5.69 Å². The number of benzene rings is 2. The van der Waals surface area contributed by atoms with Gasteiger partial charge in [-0.25, -0.2) is 8.78 Å². The zero-order valence-electron chi connectivity index (χ0n) is 10.7. The Morgan fingerprint density at radius 2 is 1.95 bits per heavy atom. The van der Waals surface area contributed by atoms with Crippen LogP contribution in [0, 0.1) is 21.7 Å². The number of para-hydroxylation sites is 2. The summed E-state index contributed by atoms with van der Waals surface area (Å²) in [5, 5.41) is 20.6. The molecule has 7 heteroatoms. The Hall–Kier alpha value is -2.54. The second-order valence-corrected chi connectivity index (χ2v) is 4.22. The van der Waals surface area contributed by atoms with Crippen molar-refractivity contribution in [2.75, 3.05) is 6.61 Å². The van der Waals surface area contributed by atoms with E-state index >= 15 is 0 Å². The molecule has 0 aliphatic carbocycles. The maximum atomic E-state index is 13.5. The summed E-state index contributed by atoms with van der Waals surface area (Å²) < 4.78 is 31.6. The van der Waals surface area contributed by atoms with Crippen LogP contribution in [0.5, 0.6) is 5.75 Å². The number of hydrogen-bond donors (Lipinski definition) is 1. The Balaban J connectivity index is 2.13. The smallest absolute Gasteiger partial charge is 0.310 e. The Bertz CT molecular complexity index is 663. The molecule has 0 aromatic heterocycles. The van der Waals surface area contributed by atoms with E-state index in [0.29, 0.717) is 0 Å². The van der Waals surface area contributed by atoms with Crippen molar-refractivity contribution in [3.63, 3.8) is 0 Å². The second-order valence-electron chi connectivity index (χ2n) is 4.22. The van der Waals surface area contributed by atoms with Gasteiger partial charge in [-0.3, -0.25) is 10.1 Å². The van der Waals surface area contributed by atoms with Crippen LogP contribution in [0.25, 0.3) is 0 Å². The highest BCUT2D eigenvalue weighted by molar-refractivity contribution is 5.45. The summed E-state index contributed by atoms with van der Waals surface area (Å²) in [7, 11) is 0. The van der Waals surface area contributed by atoms with E-state index < -0.39 is 29.3 Å². The minimum absolute atomic E-state index is 0.0571. The van der Waals surface area contributed by atoms with Crippen molar-refractivity contribution in [3.05, 3.63) is 69.8 Å². The van der Waals surface area contributed by atoms with Crippen LogP contribution in [0.3, 0.4) is 0 Å². The number of nitro benzene ring substituents is 1. The topological polar surface area (TPSA) is 72.6 Å². The summed E-state index contributed by atoms with van der Waals surface area (Å²) >= 11 is 0. The fourth-order valence-electron chi connectivity index (χ4n) is 1.76. The molecule has 1 atom stereocenters. The van der Waals surface area contributed by atoms with Gasteiger partial charge in [0.25, 0.3) is 0 Å². The lowest BCUT2D eigenvalue weighted by atomic mass is 10.1. The van der Waals surface area contributed by atoms with Crippen molar-refractivity contribution < 1.29 is 23.5 Å². The number of rotatable bonds is 5. The molecule has 110 valence electrons. The van der Waals surface area contributed by atoms with Crippen LogP contribution in [-0.2, 0) is 0 Å². The molecule has 0 amide bonds. The molecule has 1 N–H and O–H groups in total. The molecule has 0 bridgehead atoms. The molecule has 0 saturated heterocycles. The molecule has 0 radical (unpaired) electrons. The molecule has 0 heterocycles. The van der Waals surface area contributed by atoms with Crippen molar-refractivity contribution in [3.8, 4) is 5.75 Å². The molecule has 5 nitrogen and oxygen atoms in total. The van der Waals surface area contributed by atoms with E-state index in [1.165, 1.54) is 24.3 Å². The fourth-order valence-corrected chi connectivity index (χ4v) is 1.76. The maximum Gasteiger partial charge on any atom is 0.310 e. The maximum absolute atomic E-state index is 13.5. The number of nitrogens with zero attached hydrogens (tertiary/aromatic N) is 1. The molecule has 1 unspecified atom stereocenters. The van der Waals surface area contributed by atoms with Gasteiger partial charge in [0.2, 0.25) is 0 Å². The van der Waals surface area contributed by atoms with Crippen LogP contribution in [0.4, 0.5) is 14.5 Å². The van der Waals surface area contributed by atoms with Crippen LogP contribution >= 0.6 is 0 Å². The largest absolute Gasteiger partial charge is 0.484 e. The average molecular weight is 295 g/mol. The quantitative estimate of drug-likeness (QED) is 0.680. The lowest BCUT2D eigenvalue weighted by molar-refractivity contribution is -0.385. The third kappa shape index (κ3) is 3.51. The zero-order chi connectivity index (χ0) is 15.4. The van der Waals surface area contributed by atoms with Gasteiger partial charge < -0.3 is 9.84 Å². The number of nitro groups is 1. The first-order valence-electron chi connectivity index (χ1n) is 5.98. The number of halogens is 2. The number of hydrogen-bond acceptors (Lipinski definition) is 4. The number of ether oxygens (including phenoxy) is 1. The van der Waals surface area contributed by atoms with Gasteiger partial charge >= 0.3 is 5.69 Å². The summed E-state index contributed by atoms with van der Waals surface area (Å²) in [6, 6.07) is 8.25. The second kappa shape index (κ2) is 6.27. The Kier molecular flexibility index (Phi) is 4.44. The van der Waals surface area contributed by atoms with Crippen molar-refractivity contribution in [1.29, 1.82) is 0 Å². The monoisotopic (exact) mass is 295 g/mol. The molecule has 0 spiro atoms. The number of aliphatic hydroxyl groups excluding tert-OH is 1. The van der Waals surface area contributed by atoms with E-state index in [9.17, 15) is 24.0 Å². The summed E-state index contributed by atoms with van der Waals surface area (Å²) in [4.78, 5) is 10.2. The third-order valence-corrected chi connectivity index (χ3v) is 2.78. The summed E-state index contributed by atoms with van der Waals surface area (Å²) in [6.45, 7) is -0.439. The van der Waals surface area contributed by atoms with Gasteiger partial charge in [-0.1, -0.05) is 12.1 Å². The van der Waals surface area contributed by atoms with Crippen LogP contribution in [-0.4, -0.2) is 16.6 Å². The SMILES string of the molecule is O=[N+]([O-])c1ccccc1OCC(O)c1cc(F)ccc1F. The highest BCUT2D eigenvalue weighted by Gasteiger charge is 2.18. The third-order valence-electron chi connectivity index (χ3n) is 2.78. The van der Waals surface area contributed by atoms with Gasteiger partial charge in [0.1, 0.15) is 24.3 Å².